The predicted octanol–water partition coefficient (Wildman–Crippen LogP) is 2.79. The number of fused-ring (bicyclic) bond motifs is 2. The number of carbonyl (C=O) groups excluding carboxylic acids is 2. The average molecular weight is 418 g/mol. The summed E-state index contributed by atoms with van der Waals surface area (Å²) < 4.78 is 2.17. The highest BCUT2D eigenvalue weighted by Crippen LogP contribution is 2.24. The first-order chi connectivity index (χ1) is 15.0. The lowest BCUT2D eigenvalue weighted by Gasteiger charge is -2.35. The van der Waals surface area contributed by atoms with Crippen LogP contribution >= 0.6 is 0 Å². The van der Waals surface area contributed by atoms with Gasteiger partial charge in [0, 0.05) is 56.6 Å². The van der Waals surface area contributed by atoms with Crippen LogP contribution in [-0.4, -0.2) is 57.2 Å². The second-order valence-corrected chi connectivity index (χ2v) is 8.56. The van der Waals surface area contributed by atoms with Crippen LogP contribution in [0.15, 0.2) is 36.5 Å². The number of hydrogen-bond acceptors (Lipinski definition) is 4. The zero-order chi connectivity index (χ0) is 21.5. The van der Waals surface area contributed by atoms with Crippen molar-refractivity contribution in [3.05, 3.63) is 64.6 Å². The molecule has 31 heavy (non-hydrogen) atoms. The largest absolute Gasteiger partial charge is 0.336 e. The molecule has 4 heterocycles. The van der Waals surface area contributed by atoms with Crippen molar-refractivity contribution in [2.24, 2.45) is 0 Å². The highest BCUT2D eigenvalue weighted by atomic mass is 16.2. The van der Waals surface area contributed by atoms with Crippen molar-refractivity contribution in [1.29, 1.82) is 0 Å². The van der Waals surface area contributed by atoms with Gasteiger partial charge in [0.25, 0.3) is 5.91 Å². The number of piperazine rings is 1. The Morgan fingerprint density at radius 1 is 1.06 bits per heavy atom. The van der Waals surface area contributed by atoms with E-state index in [-0.39, 0.29) is 11.8 Å². The Bertz CT molecular complexity index is 1170. The number of pyridine rings is 1. The van der Waals surface area contributed by atoms with Gasteiger partial charge in [-0.05, 0) is 61.7 Å². The van der Waals surface area contributed by atoms with Gasteiger partial charge in [-0.3, -0.25) is 14.5 Å². The highest BCUT2D eigenvalue weighted by molar-refractivity contribution is 5.98. The third-order valence-electron chi connectivity index (χ3n) is 6.36. The SMILES string of the molecule is Cc1ccn2c(CN3CCN(C(=O)c4ccc5c(c4)CCC(=O)N5)CC3)c(C)nc2c1. The Kier molecular flexibility index (Phi) is 4.98. The molecule has 7 heteroatoms. The van der Waals surface area contributed by atoms with Crippen molar-refractivity contribution in [1.82, 2.24) is 19.2 Å². The molecule has 0 saturated carbocycles. The molecule has 1 aromatic carbocycles. The van der Waals surface area contributed by atoms with E-state index in [0.29, 0.717) is 31.5 Å². The second kappa shape index (κ2) is 7.81. The summed E-state index contributed by atoms with van der Waals surface area (Å²) in [5.41, 5.74) is 7.05. The summed E-state index contributed by atoms with van der Waals surface area (Å²) in [5, 5.41) is 2.87. The van der Waals surface area contributed by atoms with Crippen LogP contribution in [0.25, 0.3) is 5.65 Å². The number of nitrogens with zero attached hydrogens (tertiary/aromatic N) is 4. The van der Waals surface area contributed by atoms with Crippen molar-refractivity contribution in [3.8, 4) is 0 Å². The van der Waals surface area contributed by atoms with Crippen molar-refractivity contribution in [2.75, 3.05) is 31.5 Å². The summed E-state index contributed by atoms with van der Waals surface area (Å²) in [4.78, 5) is 33.6. The normalized spacial score (nSPS) is 17.0. The minimum absolute atomic E-state index is 0.0408. The van der Waals surface area contributed by atoms with E-state index >= 15 is 0 Å². The molecular weight excluding hydrogens is 390 g/mol. The van der Waals surface area contributed by atoms with Crippen LogP contribution in [0.4, 0.5) is 5.69 Å². The summed E-state index contributed by atoms with van der Waals surface area (Å²) >= 11 is 0. The van der Waals surface area contributed by atoms with E-state index < -0.39 is 0 Å². The molecular formula is C24H27N5O2. The van der Waals surface area contributed by atoms with Crippen molar-refractivity contribution in [3.63, 3.8) is 0 Å². The molecule has 0 bridgehead atoms. The van der Waals surface area contributed by atoms with E-state index in [1.165, 1.54) is 11.3 Å². The fourth-order valence-corrected chi connectivity index (χ4v) is 4.53. The zero-order valence-corrected chi connectivity index (χ0v) is 18.0. The first-order valence-electron chi connectivity index (χ1n) is 10.9. The Hall–Kier alpha value is -3.19. The third kappa shape index (κ3) is 3.81. The predicted molar refractivity (Wildman–Crippen MR) is 119 cm³/mol. The minimum atomic E-state index is 0.0408. The molecule has 2 aliphatic heterocycles. The van der Waals surface area contributed by atoms with Gasteiger partial charge in [-0.25, -0.2) is 4.98 Å². The Morgan fingerprint density at radius 3 is 2.68 bits per heavy atom. The first-order valence-corrected chi connectivity index (χ1v) is 10.9. The van der Waals surface area contributed by atoms with Gasteiger partial charge in [0.15, 0.2) is 0 Å². The fraction of sp³-hybridized carbons (Fsp3) is 0.375. The van der Waals surface area contributed by atoms with E-state index in [9.17, 15) is 9.59 Å². The van der Waals surface area contributed by atoms with Crippen molar-refractivity contribution in [2.45, 2.75) is 33.2 Å². The molecule has 0 spiro atoms. The lowest BCUT2D eigenvalue weighted by Crippen LogP contribution is -2.48. The standard InChI is InChI=1S/C24H27N5O2/c1-16-7-8-29-21(17(2)25-22(29)13-16)15-27-9-11-28(12-10-27)24(31)19-3-5-20-18(14-19)4-6-23(30)26-20/h3,5,7-8,13-14H,4,6,9-12,15H2,1-2H3,(H,26,30). The van der Waals surface area contributed by atoms with E-state index in [1.54, 1.807) is 0 Å². The topological polar surface area (TPSA) is 70.0 Å². The summed E-state index contributed by atoms with van der Waals surface area (Å²) in [6.07, 6.45) is 3.26. The van der Waals surface area contributed by atoms with Crippen molar-refractivity contribution < 1.29 is 9.59 Å². The molecule has 1 saturated heterocycles. The zero-order valence-electron chi connectivity index (χ0n) is 18.0. The molecule has 1 fully saturated rings. The molecule has 160 valence electrons. The lowest BCUT2D eigenvalue weighted by atomic mass is 10.00. The number of hydrogen-bond donors (Lipinski definition) is 1. The second-order valence-electron chi connectivity index (χ2n) is 8.56. The number of amides is 2. The molecule has 0 radical (unpaired) electrons. The van der Waals surface area contributed by atoms with Gasteiger partial charge in [0.2, 0.25) is 5.91 Å². The molecule has 2 aromatic heterocycles. The number of aromatic nitrogens is 2. The maximum atomic E-state index is 13.0. The Labute approximate surface area is 181 Å². The van der Waals surface area contributed by atoms with Gasteiger partial charge in [0.05, 0.1) is 11.4 Å². The first kappa shape index (κ1) is 19.8. The Morgan fingerprint density at radius 2 is 1.87 bits per heavy atom. The Balaban J connectivity index is 1.24. The van der Waals surface area contributed by atoms with Crippen molar-refractivity contribution >= 4 is 23.1 Å². The number of nitrogens with one attached hydrogen (secondary N) is 1. The highest BCUT2D eigenvalue weighted by Gasteiger charge is 2.25. The fourth-order valence-electron chi connectivity index (χ4n) is 4.53. The summed E-state index contributed by atoms with van der Waals surface area (Å²) in [6.45, 7) is 8.07. The van der Waals surface area contributed by atoms with E-state index in [1.807, 2.05) is 23.1 Å². The number of carbonyl (C=O) groups is 2. The summed E-state index contributed by atoms with van der Waals surface area (Å²) in [6, 6.07) is 9.83. The van der Waals surface area contributed by atoms with Gasteiger partial charge >= 0.3 is 0 Å². The molecule has 0 unspecified atom stereocenters. The van der Waals surface area contributed by atoms with Gasteiger partial charge in [0.1, 0.15) is 5.65 Å². The van der Waals surface area contributed by atoms with Gasteiger partial charge in [-0.2, -0.15) is 0 Å². The van der Waals surface area contributed by atoms with Gasteiger partial charge < -0.3 is 14.6 Å². The van der Waals surface area contributed by atoms with Crippen LogP contribution in [0.5, 0.6) is 0 Å². The number of anilines is 1. The smallest absolute Gasteiger partial charge is 0.253 e. The monoisotopic (exact) mass is 417 g/mol. The maximum Gasteiger partial charge on any atom is 0.253 e. The number of aryl methyl sites for hydroxylation is 3. The molecule has 7 nitrogen and oxygen atoms in total. The number of benzene rings is 1. The molecule has 0 atom stereocenters. The molecule has 5 rings (SSSR count). The van der Waals surface area contributed by atoms with Crippen LogP contribution in [0, 0.1) is 13.8 Å². The van der Waals surface area contributed by atoms with Gasteiger partial charge in [-0.1, -0.05) is 0 Å². The van der Waals surface area contributed by atoms with Crippen LogP contribution < -0.4 is 5.32 Å². The van der Waals surface area contributed by atoms with Crippen LogP contribution in [0.1, 0.15) is 39.3 Å². The molecule has 2 aliphatic rings. The molecule has 0 aliphatic carbocycles. The third-order valence-corrected chi connectivity index (χ3v) is 6.36. The van der Waals surface area contributed by atoms with Crippen LogP contribution in [0.2, 0.25) is 0 Å². The number of imidazole rings is 1. The van der Waals surface area contributed by atoms with Gasteiger partial charge in [-0.15, -0.1) is 0 Å². The average Bonchev–Trinajstić information content (AvgIpc) is 3.07. The summed E-state index contributed by atoms with van der Waals surface area (Å²) in [5.74, 6) is 0.111. The van der Waals surface area contributed by atoms with Crippen LogP contribution in [-0.2, 0) is 17.8 Å². The van der Waals surface area contributed by atoms with E-state index in [4.69, 9.17) is 4.98 Å². The molecule has 2 amide bonds. The minimum Gasteiger partial charge on any atom is -0.336 e. The quantitative estimate of drug-likeness (QED) is 0.712. The lowest BCUT2D eigenvalue weighted by molar-refractivity contribution is -0.116. The summed E-state index contributed by atoms with van der Waals surface area (Å²) in [7, 11) is 0. The van der Waals surface area contributed by atoms with E-state index in [2.05, 4.69) is 46.8 Å². The molecule has 3 aromatic rings. The maximum absolute atomic E-state index is 13.0. The van der Waals surface area contributed by atoms with Crippen LogP contribution in [0.3, 0.4) is 0 Å². The molecule has 1 N–H and O–H groups in total. The number of rotatable bonds is 3. The van der Waals surface area contributed by atoms with E-state index in [0.717, 1.165) is 42.2 Å².